The second kappa shape index (κ2) is 6.88. The molecule has 6 heteroatoms. The largest absolute Gasteiger partial charge is 0.324 e. The first-order valence-corrected chi connectivity index (χ1v) is 7.27. The second-order valence-corrected chi connectivity index (χ2v) is 5.75. The standard InChI is InChI=1S/C10H16N2O2S2/c1-8(7-15-2)5-11-6-9-3-4-10(16-9)12(13)14/h3-4,8,11H,5-7H2,1-2H3. The third-order valence-corrected chi connectivity index (χ3v) is 4.01. The van der Waals surface area contributed by atoms with Crippen molar-refractivity contribution in [1.82, 2.24) is 5.32 Å². The van der Waals surface area contributed by atoms with Crippen molar-refractivity contribution in [2.75, 3.05) is 18.6 Å². The van der Waals surface area contributed by atoms with E-state index in [0.717, 1.165) is 23.7 Å². The third-order valence-electron chi connectivity index (χ3n) is 2.07. The Kier molecular flexibility index (Phi) is 5.79. The number of thioether (sulfide) groups is 1. The Morgan fingerprint density at radius 3 is 2.94 bits per heavy atom. The van der Waals surface area contributed by atoms with Crippen LogP contribution >= 0.6 is 23.1 Å². The fourth-order valence-electron chi connectivity index (χ4n) is 1.34. The van der Waals surface area contributed by atoms with Crippen LogP contribution in [0.2, 0.25) is 0 Å². The number of thiophene rings is 1. The molecule has 1 atom stereocenters. The van der Waals surface area contributed by atoms with Crippen LogP contribution < -0.4 is 5.32 Å². The van der Waals surface area contributed by atoms with Crippen LogP contribution in [0.1, 0.15) is 11.8 Å². The lowest BCUT2D eigenvalue weighted by Crippen LogP contribution is -2.21. The van der Waals surface area contributed by atoms with Crippen LogP contribution in [0.3, 0.4) is 0 Å². The summed E-state index contributed by atoms with van der Waals surface area (Å²) in [7, 11) is 0. The van der Waals surface area contributed by atoms with Gasteiger partial charge in [-0.3, -0.25) is 10.1 Å². The van der Waals surface area contributed by atoms with Gasteiger partial charge >= 0.3 is 5.00 Å². The quantitative estimate of drug-likeness (QED) is 0.605. The van der Waals surface area contributed by atoms with Gasteiger partial charge in [0, 0.05) is 17.5 Å². The van der Waals surface area contributed by atoms with Crippen LogP contribution in [0.4, 0.5) is 5.00 Å². The summed E-state index contributed by atoms with van der Waals surface area (Å²) in [5.41, 5.74) is 0. The molecule has 1 aromatic heterocycles. The third kappa shape index (κ3) is 4.51. The van der Waals surface area contributed by atoms with E-state index in [4.69, 9.17) is 0 Å². The molecule has 0 aromatic carbocycles. The van der Waals surface area contributed by atoms with Crippen LogP contribution in [0.25, 0.3) is 0 Å². The molecule has 0 radical (unpaired) electrons. The minimum Gasteiger partial charge on any atom is -0.312 e. The zero-order chi connectivity index (χ0) is 12.0. The molecule has 90 valence electrons. The Morgan fingerprint density at radius 2 is 2.38 bits per heavy atom. The Balaban J connectivity index is 2.29. The van der Waals surface area contributed by atoms with Crippen LogP contribution in [-0.2, 0) is 6.54 Å². The topological polar surface area (TPSA) is 55.2 Å². The van der Waals surface area contributed by atoms with Crippen LogP contribution in [0, 0.1) is 16.0 Å². The van der Waals surface area contributed by atoms with Crippen molar-refractivity contribution in [2.45, 2.75) is 13.5 Å². The zero-order valence-electron chi connectivity index (χ0n) is 9.43. The van der Waals surface area contributed by atoms with Gasteiger partial charge in [0.25, 0.3) is 0 Å². The van der Waals surface area contributed by atoms with Gasteiger partial charge < -0.3 is 5.32 Å². The fraction of sp³-hybridized carbons (Fsp3) is 0.600. The maximum absolute atomic E-state index is 10.5. The first-order chi connectivity index (χ1) is 7.63. The Bertz CT molecular complexity index is 341. The molecule has 0 bridgehead atoms. The molecule has 0 aliphatic rings. The van der Waals surface area contributed by atoms with E-state index in [1.807, 2.05) is 17.8 Å². The normalized spacial score (nSPS) is 12.6. The second-order valence-electron chi connectivity index (χ2n) is 3.69. The van der Waals surface area contributed by atoms with Gasteiger partial charge in [-0.25, -0.2) is 0 Å². The van der Waals surface area contributed by atoms with Crippen LogP contribution in [0.5, 0.6) is 0 Å². The predicted octanol–water partition coefficient (Wildman–Crippen LogP) is 2.75. The van der Waals surface area contributed by atoms with Gasteiger partial charge in [0.1, 0.15) is 0 Å². The van der Waals surface area contributed by atoms with Gasteiger partial charge in [-0.1, -0.05) is 18.3 Å². The number of nitrogens with one attached hydrogen (secondary N) is 1. The highest BCUT2D eigenvalue weighted by atomic mass is 32.2. The average Bonchev–Trinajstić information content (AvgIpc) is 2.67. The van der Waals surface area contributed by atoms with E-state index in [-0.39, 0.29) is 9.92 Å². The molecule has 0 aliphatic carbocycles. The van der Waals surface area contributed by atoms with Crippen molar-refractivity contribution in [3.63, 3.8) is 0 Å². The van der Waals surface area contributed by atoms with Crippen LogP contribution in [0.15, 0.2) is 12.1 Å². The average molecular weight is 260 g/mol. The highest BCUT2D eigenvalue weighted by molar-refractivity contribution is 7.98. The molecule has 4 nitrogen and oxygen atoms in total. The maximum atomic E-state index is 10.5. The SMILES string of the molecule is CSCC(C)CNCc1ccc([N+](=O)[O-])s1. The molecule has 1 N–H and O–H groups in total. The first kappa shape index (κ1) is 13.5. The van der Waals surface area contributed by atoms with Gasteiger partial charge in [-0.15, -0.1) is 0 Å². The number of hydrogen-bond donors (Lipinski definition) is 1. The van der Waals surface area contributed by atoms with Gasteiger partial charge in [0.15, 0.2) is 0 Å². The molecule has 0 spiro atoms. The minimum absolute atomic E-state index is 0.217. The van der Waals surface area contributed by atoms with E-state index in [9.17, 15) is 10.1 Å². The molecule has 1 heterocycles. The van der Waals surface area contributed by atoms with Crippen molar-refractivity contribution >= 4 is 28.1 Å². The van der Waals surface area contributed by atoms with E-state index < -0.39 is 0 Å². The number of rotatable bonds is 7. The maximum Gasteiger partial charge on any atom is 0.324 e. The highest BCUT2D eigenvalue weighted by Crippen LogP contribution is 2.23. The zero-order valence-corrected chi connectivity index (χ0v) is 11.1. The number of nitrogens with zero attached hydrogens (tertiary/aromatic N) is 1. The van der Waals surface area contributed by atoms with Crippen molar-refractivity contribution in [1.29, 1.82) is 0 Å². The van der Waals surface area contributed by atoms with Crippen LogP contribution in [-0.4, -0.2) is 23.5 Å². The number of hydrogen-bond acceptors (Lipinski definition) is 5. The van der Waals surface area contributed by atoms with E-state index in [2.05, 4.69) is 18.5 Å². The summed E-state index contributed by atoms with van der Waals surface area (Å²) < 4.78 is 0. The predicted molar refractivity (Wildman–Crippen MR) is 70.2 cm³/mol. The lowest BCUT2D eigenvalue weighted by molar-refractivity contribution is -0.380. The van der Waals surface area contributed by atoms with Crippen molar-refractivity contribution in [2.24, 2.45) is 5.92 Å². The molecular formula is C10H16N2O2S2. The lowest BCUT2D eigenvalue weighted by Gasteiger charge is -2.09. The Morgan fingerprint density at radius 1 is 1.62 bits per heavy atom. The monoisotopic (exact) mass is 260 g/mol. The summed E-state index contributed by atoms with van der Waals surface area (Å²) in [5, 5.41) is 14.0. The summed E-state index contributed by atoms with van der Waals surface area (Å²) in [4.78, 5) is 11.1. The molecule has 1 rings (SSSR count). The molecule has 0 amide bonds. The molecule has 16 heavy (non-hydrogen) atoms. The molecule has 1 unspecified atom stereocenters. The molecular weight excluding hydrogens is 244 g/mol. The van der Waals surface area contributed by atoms with Crippen molar-refractivity contribution < 1.29 is 4.92 Å². The molecule has 0 saturated heterocycles. The van der Waals surface area contributed by atoms with E-state index >= 15 is 0 Å². The van der Waals surface area contributed by atoms with Gasteiger partial charge in [-0.05, 0) is 30.5 Å². The molecule has 0 saturated carbocycles. The van der Waals surface area contributed by atoms with Gasteiger partial charge in [0.2, 0.25) is 0 Å². The molecule has 0 aliphatic heterocycles. The van der Waals surface area contributed by atoms with E-state index in [0.29, 0.717) is 5.92 Å². The summed E-state index contributed by atoms with van der Waals surface area (Å²) >= 11 is 3.08. The van der Waals surface area contributed by atoms with E-state index in [1.165, 1.54) is 11.3 Å². The van der Waals surface area contributed by atoms with E-state index in [1.54, 1.807) is 6.07 Å². The summed E-state index contributed by atoms with van der Waals surface area (Å²) in [6.07, 6.45) is 2.10. The Hall–Kier alpha value is -0.590. The minimum atomic E-state index is -0.343. The first-order valence-electron chi connectivity index (χ1n) is 5.06. The smallest absolute Gasteiger partial charge is 0.312 e. The summed E-state index contributed by atoms with van der Waals surface area (Å²) in [6.45, 7) is 3.87. The van der Waals surface area contributed by atoms with Gasteiger partial charge in [0.05, 0.1) is 4.92 Å². The molecule has 1 aromatic rings. The summed E-state index contributed by atoms with van der Waals surface area (Å²) in [5.74, 6) is 1.77. The van der Waals surface area contributed by atoms with Gasteiger partial charge in [-0.2, -0.15) is 11.8 Å². The van der Waals surface area contributed by atoms with Crippen molar-refractivity contribution in [3.05, 3.63) is 27.1 Å². The molecule has 0 fully saturated rings. The highest BCUT2D eigenvalue weighted by Gasteiger charge is 2.09. The Labute approximate surface area is 104 Å². The number of nitro groups is 1. The lowest BCUT2D eigenvalue weighted by atomic mass is 10.2. The fourth-order valence-corrected chi connectivity index (χ4v) is 2.82. The van der Waals surface area contributed by atoms with Crippen molar-refractivity contribution in [3.8, 4) is 0 Å². The summed E-state index contributed by atoms with van der Waals surface area (Å²) in [6, 6.07) is 3.38.